The van der Waals surface area contributed by atoms with Crippen LogP contribution in [0.2, 0.25) is 0 Å². The van der Waals surface area contributed by atoms with Crippen molar-refractivity contribution in [2.24, 2.45) is 18.7 Å². The van der Waals surface area contributed by atoms with Crippen molar-refractivity contribution < 1.29 is 9.53 Å². The van der Waals surface area contributed by atoms with Crippen molar-refractivity contribution in [1.82, 2.24) is 15.1 Å². The number of carbonyl (C=O) groups excluding carboxylic acids is 1. The average molecular weight is 264 g/mol. The molecule has 104 valence electrons. The van der Waals surface area contributed by atoms with Gasteiger partial charge in [0.2, 0.25) is 5.91 Å². The van der Waals surface area contributed by atoms with Crippen LogP contribution in [-0.4, -0.2) is 34.9 Å². The molecule has 1 amide bonds. The molecule has 1 fully saturated rings. The van der Waals surface area contributed by atoms with Crippen molar-refractivity contribution in [3.63, 3.8) is 0 Å². The molecule has 6 nitrogen and oxygen atoms in total. The quantitative estimate of drug-likeness (QED) is 0.780. The molecular formula is C13H20N4O2. The molecule has 0 bridgehead atoms. The number of rotatable bonds is 2. The van der Waals surface area contributed by atoms with E-state index in [0.29, 0.717) is 13.2 Å². The van der Waals surface area contributed by atoms with E-state index in [-0.39, 0.29) is 23.9 Å². The van der Waals surface area contributed by atoms with E-state index in [1.165, 1.54) is 5.69 Å². The van der Waals surface area contributed by atoms with Crippen LogP contribution in [0.4, 0.5) is 0 Å². The van der Waals surface area contributed by atoms with Crippen LogP contribution < -0.4 is 11.1 Å². The van der Waals surface area contributed by atoms with Crippen molar-refractivity contribution in [1.29, 1.82) is 0 Å². The number of nitrogens with two attached hydrogens (primary N) is 1. The Labute approximate surface area is 112 Å². The Morgan fingerprint density at radius 3 is 3.16 bits per heavy atom. The molecule has 0 radical (unpaired) electrons. The third-order valence-corrected chi connectivity index (χ3v) is 4.15. The van der Waals surface area contributed by atoms with Crippen LogP contribution in [0.15, 0.2) is 6.20 Å². The molecular weight excluding hydrogens is 244 g/mol. The van der Waals surface area contributed by atoms with E-state index in [1.807, 2.05) is 17.9 Å². The van der Waals surface area contributed by atoms with E-state index >= 15 is 0 Å². The standard InChI is InChI=1S/C13H20N4O2/c1-17-12-4-2-3-11(8(12)5-15-17)16-13(18)9-6-19-7-10(9)14/h5,9-11H,2-4,6-7,14H2,1H3,(H,16,18). The van der Waals surface area contributed by atoms with Gasteiger partial charge in [0.05, 0.1) is 31.4 Å². The summed E-state index contributed by atoms with van der Waals surface area (Å²) in [5.74, 6) is -0.214. The first-order valence-electron chi connectivity index (χ1n) is 6.81. The molecule has 3 atom stereocenters. The maximum absolute atomic E-state index is 12.2. The number of hydrogen-bond acceptors (Lipinski definition) is 4. The summed E-state index contributed by atoms with van der Waals surface area (Å²) >= 11 is 0. The van der Waals surface area contributed by atoms with Gasteiger partial charge in [0.1, 0.15) is 0 Å². The largest absolute Gasteiger partial charge is 0.379 e. The highest BCUT2D eigenvalue weighted by molar-refractivity contribution is 5.80. The topological polar surface area (TPSA) is 82.2 Å². The monoisotopic (exact) mass is 264 g/mol. The maximum atomic E-state index is 12.2. The molecule has 1 aliphatic carbocycles. The molecule has 2 heterocycles. The van der Waals surface area contributed by atoms with Gasteiger partial charge in [-0.1, -0.05) is 0 Å². The second kappa shape index (κ2) is 4.94. The lowest BCUT2D eigenvalue weighted by atomic mass is 9.92. The van der Waals surface area contributed by atoms with E-state index in [1.54, 1.807) is 0 Å². The maximum Gasteiger partial charge on any atom is 0.227 e. The zero-order valence-electron chi connectivity index (χ0n) is 11.1. The van der Waals surface area contributed by atoms with Gasteiger partial charge >= 0.3 is 0 Å². The SMILES string of the molecule is Cn1ncc2c1CCCC2NC(=O)C1COCC1N. The first-order chi connectivity index (χ1) is 9.16. The average Bonchev–Trinajstić information content (AvgIpc) is 2.97. The Morgan fingerprint density at radius 1 is 1.58 bits per heavy atom. The number of ether oxygens (including phenoxy) is 1. The number of fused-ring (bicyclic) bond motifs is 1. The third kappa shape index (κ3) is 2.26. The van der Waals surface area contributed by atoms with Crippen LogP contribution in [0.3, 0.4) is 0 Å². The van der Waals surface area contributed by atoms with Crippen molar-refractivity contribution in [3.05, 3.63) is 17.5 Å². The van der Waals surface area contributed by atoms with Crippen LogP contribution in [0.5, 0.6) is 0 Å². The lowest BCUT2D eigenvalue weighted by Crippen LogP contribution is -2.42. The van der Waals surface area contributed by atoms with Crippen LogP contribution in [-0.2, 0) is 23.0 Å². The zero-order valence-corrected chi connectivity index (χ0v) is 11.1. The normalized spacial score (nSPS) is 30.1. The molecule has 0 spiro atoms. The summed E-state index contributed by atoms with van der Waals surface area (Å²) in [6, 6.07) is -0.116. The van der Waals surface area contributed by atoms with Crippen LogP contribution in [0, 0.1) is 5.92 Å². The van der Waals surface area contributed by atoms with Gasteiger partial charge in [0.25, 0.3) is 0 Å². The van der Waals surface area contributed by atoms with Crippen molar-refractivity contribution in [2.75, 3.05) is 13.2 Å². The minimum Gasteiger partial charge on any atom is -0.379 e. The fourth-order valence-corrected chi connectivity index (χ4v) is 2.98. The number of nitrogens with zero attached hydrogens (tertiary/aromatic N) is 2. The third-order valence-electron chi connectivity index (χ3n) is 4.15. The molecule has 0 aromatic carbocycles. The van der Waals surface area contributed by atoms with Gasteiger partial charge in [0.15, 0.2) is 0 Å². The highest BCUT2D eigenvalue weighted by Crippen LogP contribution is 2.29. The van der Waals surface area contributed by atoms with Gasteiger partial charge < -0.3 is 15.8 Å². The minimum absolute atomic E-state index is 0.00621. The minimum atomic E-state index is -0.220. The smallest absolute Gasteiger partial charge is 0.227 e. The van der Waals surface area contributed by atoms with Gasteiger partial charge in [-0.15, -0.1) is 0 Å². The Hall–Kier alpha value is -1.40. The summed E-state index contributed by atoms with van der Waals surface area (Å²) in [5.41, 5.74) is 8.25. The summed E-state index contributed by atoms with van der Waals surface area (Å²) in [6.07, 6.45) is 4.94. The van der Waals surface area contributed by atoms with E-state index in [0.717, 1.165) is 24.8 Å². The molecule has 1 saturated heterocycles. The van der Waals surface area contributed by atoms with E-state index in [4.69, 9.17) is 10.5 Å². The lowest BCUT2D eigenvalue weighted by Gasteiger charge is -2.25. The van der Waals surface area contributed by atoms with Crippen molar-refractivity contribution in [3.8, 4) is 0 Å². The predicted molar refractivity (Wildman–Crippen MR) is 69.3 cm³/mol. The highest BCUT2D eigenvalue weighted by Gasteiger charge is 2.33. The molecule has 3 unspecified atom stereocenters. The van der Waals surface area contributed by atoms with Gasteiger partial charge in [-0.05, 0) is 19.3 Å². The van der Waals surface area contributed by atoms with Gasteiger partial charge in [0, 0.05) is 24.3 Å². The molecule has 19 heavy (non-hydrogen) atoms. The Bertz CT molecular complexity index is 485. The summed E-state index contributed by atoms with van der Waals surface area (Å²) in [4.78, 5) is 12.2. The molecule has 3 rings (SSSR count). The molecule has 3 N–H and O–H groups in total. The second-order valence-electron chi connectivity index (χ2n) is 5.43. The van der Waals surface area contributed by atoms with Crippen molar-refractivity contribution >= 4 is 5.91 Å². The summed E-state index contributed by atoms with van der Waals surface area (Å²) in [5, 5.41) is 7.39. The molecule has 1 aromatic heterocycles. The van der Waals surface area contributed by atoms with Gasteiger partial charge in [-0.2, -0.15) is 5.10 Å². The number of aromatic nitrogens is 2. The number of hydrogen-bond donors (Lipinski definition) is 2. The first-order valence-corrected chi connectivity index (χ1v) is 6.81. The molecule has 6 heteroatoms. The van der Waals surface area contributed by atoms with Crippen LogP contribution in [0.1, 0.15) is 30.1 Å². The van der Waals surface area contributed by atoms with Crippen molar-refractivity contribution in [2.45, 2.75) is 31.3 Å². The number of amides is 1. The van der Waals surface area contributed by atoms with E-state index < -0.39 is 0 Å². The predicted octanol–water partition coefficient (Wildman–Crippen LogP) is -0.113. The molecule has 1 aromatic rings. The Balaban J connectivity index is 1.72. The summed E-state index contributed by atoms with van der Waals surface area (Å²) < 4.78 is 7.15. The van der Waals surface area contributed by atoms with Crippen LogP contribution >= 0.6 is 0 Å². The molecule has 2 aliphatic rings. The summed E-state index contributed by atoms with van der Waals surface area (Å²) in [7, 11) is 1.95. The van der Waals surface area contributed by atoms with Gasteiger partial charge in [-0.3, -0.25) is 9.48 Å². The second-order valence-corrected chi connectivity index (χ2v) is 5.43. The number of carbonyl (C=O) groups is 1. The fraction of sp³-hybridized carbons (Fsp3) is 0.692. The Kier molecular flexibility index (Phi) is 3.28. The first kappa shape index (κ1) is 12.6. The van der Waals surface area contributed by atoms with Crippen LogP contribution in [0.25, 0.3) is 0 Å². The Morgan fingerprint density at radius 2 is 2.42 bits per heavy atom. The summed E-state index contributed by atoms with van der Waals surface area (Å²) in [6.45, 7) is 0.903. The number of nitrogens with one attached hydrogen (secondary N) is 1. The van der Waals surface area contributed by atoms with E-state index in [2.05, 4.69) is 10.4 Å². The molecule has 1 aliphatic heterocycles. The van der Waals surface area contributed by atoms with E-state index in [9.17, 15) is 4.79 Å². The molecule has 0 saturated carbocycles. The number of aryl methyl sites for hydroxylation is 1. The fourth-order valence-electron chi connectivity index (χ4n) is 2.98. The zero-order chi connectivity index (χ0) is 13.4. The van der Waals surface area contributed by atoms with Gasteiger partial charge in [-0.25, -0.2) is 0 Å². The lowest BCUT2D eigenvalue weighted by molar-refractivity contribution is -0.126. The highest BCUT2D eigenvalue weighted by atomic mass is 16.5.